The van der Waals surface area contributed by atoms with Gasteiger partial charge in [-0.2, -0.15) is 0 Å². The van der Waals surface area contributed by atoms with E-state index in [0.717, 1.165) is 10.9 Å². The van der Waals surface area contributed by atoms with Crippen LogP contribution in [0.3, 0.4) is 0 Å². The minimum Gasteiger partial charge on any atom is -0.472 e. The Morgan fingerprint density at radius 2 is 1.88 bits per heavy atom. The Hall–Kier alpha value is -2.27. The van der Waals surface area contributed by atoms with Gasteiger partial charge in [-0.15, -0.1) is 0 Å². The van der Waals surface area contributed by atoms with Crippen LogP contribution in [0.4, 0.5) is 0 Å². The summed E-state index contributed by atoms with van der Waals surface area (Å²) in [4.78, 5) is 10.2. The maximum atomic E-state index is 10.2. The topological polar surface area (TPSA) is 37.3 Å². The molecule has 0 atom stereocenters. The zero-order valence-corrected chi connectivity index (χ0v) is 8.60. The minimum atomic E-state index is -1.08. The quantitative estimate of drug-likeness (QED) is 0.734. The molecule has 0 bridgehead atoms. The van der Waals surface area contributed by atoms with Gasteiger partial charge in [0, 0.05) is 12.3 Å². The summed E-state index contributed by atoms with van der Waals surface area (Å²) in [6.45, 7) is 0. The first-order chi connectivity index (χ1) is 7.75. The summed E-state index contributed by atoms with van der Waals surface area (Å²) in [6.07, 6.45) is 0.469. The molecule has 1 N–H and O–H groups in total. The number of fused-ring (bicyclic) bond motifs is 1. The first-order valence-corrected chi connectivity index (χ1v) is 4.95. The highest BCUT2D eigenvalue weighted by atomic mass is 16.4. The Kier molecular flexibility index (Phi) is 2.88. The predicted molar refractivity (Wildman–Crippen MR) is 63.1 cm³/mol. The summed E-state index contributed by atoms with van der Waals surface area (Å²) in [5, 5.41) is 10.7. The van der Waals surface area contributed by atoms with Crippen molar-refractivity contribution in [3.63, 3.8) is 0 Å². The van der Waals surface area contributed by atoms with Crippen LogP contribution in [0.25, 0.3) is 10.8 Å². The smallest absolute Gasteiger partial charge is 0.381 e. The molecular weight excluding hydrogens is 200 g/mol. The number of rotatable bonds is 1. The van der Waals surface area contributed by atoms with Gasteiger partial charge in [0.15, 0.2) is 0 Å². The van der Waals surface area contributed by atoms with Crippen LogP contribution in [-0.4, -0.2) is 11.1 Å². The van der Waals surface area contributed by atoms with Crippen LogP contribution < -0.4 is 0 Å². The number of hydrogen-bond acceptors (Lipinski definition) is 1. The standard InChI is InChI=1S/C14H10O2/c15-14(16)7-3-4-11-8-9-12-5-1-2-6-13(12)10-11/h1-2,5-6,8-10H,4H2,(H,15,16). The lowest BCUT2D eigenvalue weighted by Crippen LogP contribution is -1.88. The Balaban J connectivity index is 2.27. The summed E-state index contributed by atoms with van der Waals surface area (Å²) in [5.74, 6) is 3.64. The molecule has 2 heteroatoms. The normalized spacial score (nSPS) is 9.50. The van der Waals surface area contributed by atoms with Crippen LogP contribution >= 0.6 is 0 Å². The molecule has 0 unspecified atom stereocenters. The number of aliphatic carboxylic acids is 1. The second kappa shape index (κ2) is 4.50. The number of benzene rings is 2. The molecule has 2 aromatic rings. The summed E-state index contributed by atoms with van der Waals surface area (Å²) in [5.41, 5.74) is 1.03. The molecule has 0 aliphatic rings. The fourth-order valence-electron chi connectivity index (χ4n) is 1.57. The first kappa shape index (κ1) is 10.3. The predicted octanol–water partition coefficient (Wildman–Crippen LogP) is 2.47. The number of hydrogen-bond donors (Lipinski definition) is 1. The van der Waals surface area contributed by atoms with Crippen molar-refractivity contribution >= 4 is 16.7 Å². The van der Waals surface area contributed by atoms with Gasteiger partial charge in [0.05, 0.1) is 0 Å². The molecule has 16 heavy (non-hydrogen) atoms. The van der Waals surface area contributed by atoms with E-state index in [2.05, 4.69) is 11.8 Å². The molecule has 0 fully saturated rings. The van der Waals surface area contributed by atoms with Crippen LogP contribution in [0.1, 0.15) is 5.56 Å². The van der Waals surface area contributed by atoms with E-state index in [9.17, 15) is 4.79 Å². The van der Waals surface area contributed by atoms with Gasteiger partial charge >= 0.3 is 5.97 Å². The lowest BCUT2D eigenvalue weighted by molar-refractivity contribution is -0.130. The zero-order valence-electron chi connectivity index (χ0n) is 8.60. The van der Waals surface area contributed by atoms with Crippen LogP contribution in [0, 0.1) is 11.8 Å². The molecule has 0 saturated heterocycles. The molecule has 0 aliphatic heterocycles. The third kappa shape index (κ3) is 2.40. The molecule has 2 rings (SSSR count). The van der Waals surface area contributed by atoms with Gasteiger partial charge in [0.2, 0.25) is 0 Å². The molecule has 0 aliphatic carbocycles. The second-order valence-electron chi connectivity index (χ2n) is 3.47. The van der Waals surface area contributed by atoms with Gasteiger partial charge in [-0.1, -0.05) is 48.4 Å². The molecule has 0 saturated carbocycles. The average Bonchev–Trinajstić information content (AvgIpc) is 2.28. The highest BCUT2D eigenvalue weighted by Crippen LogP contribution is 2.15. The average molecular weight is 210 g/mol. The maximum absolute atomic E-state index is 10.2. The van der Waals surface area contributed by atoms with Crippen molar-refractivity contribution in [3.8, 4) is 11.8 Å². The lowest BCUT2D eigenvalue weighted by Gasteiger charge is -1.99. The molecule has 0 aromatic heterocycles. The molecule has 78 valence electrons. The van der Waals surface area contributed by atoms with Gasteiger partial charge in [-0.05, 0) is 16.3 Å². The van der Waals surface area contributed by atoms with E-state index in [1.54, 1.807) is 0 Å². The van der Waals surface area contributed by atoms with Gasteiger partial charge in [-0.25, -0.2) is 4.79 Å². The Morgan fingerprint density at radius 1 is 1.12 bits per heavy atom. The molecule has 0 spiro atoms. The van der Waals surface area contributed by atoms with Crippen LogP contribution in [0.2, 0.25) is 0 Å². The van der Waals surface area contributed by atoms with Crippen LogP contribution in [-0.2, 0) is 11.2 Å². The second-order valence-corrected chi connectivity index (χ2v) is 3.47. The summed E-state index contributed by atoms with van der Waals surface area (Å²) >= 11 is 0. The molecule has 0 heterocycles. The Labute approximate surface area is 93.5 Å². The molecule has 0 amide bonds. The minimum absolute atomic E-state index is 0.469. The third-order valence-electron chi connectivity index (χ3n) is 2.30. The molecular formula is C14H10O2. The van der Waals surface area contributed by atoms with Crippen molar-refractivity contribution in [1.29, 1.82) is 0 Å². The fourth-order valence-corrected chi connectivity index (χ4v) is 1.57. The molecule has 2 nitrogen and oxygen atoms in total. The van der Waals surface area contributed by atoms with E-state index in [1.165, 1.54) is 5.39 Å². The van der Waals surface area contributed by atoms with E-state index in [4.69, 9.17) is 5.11 Å². The van der Waals surface area contributed by atoms with Crippen molar-refractivity contribution in [2.45, 2.75) is 6.42 Å². The van der Waals surface area contributed by atoms with E-state index < -0.39 is 5.97 Å². The first-order valence-electron chi connectivity index (χ1n) is 4.95. The highest BCUT2D eigenvalue weighted by molar-refractivity contribution is 5.86. The van der Waals surface area contributed by atoms with Crippen molar-refractivity contribution < 1.29 is 9.90 Å². The Bertz CT molecular complexity index is 588. The largest absolute Gasteiger partial charge is 0.472 e. The van der Waals surface area contributed by atoms with E-state index in [1.807, 2.05) is 42.5 Å². The van der Waals surface area contributed by atoms with Crippen LogP contribution in [0.5, 0.6) is 0 Å². The lowest BCUT2D eigenvalue weighted by atomic mass is 10.1. The van der Waals surface area contributed by atoms with Crippen molar-refractivity contribution in [2.75, 3.05) is 0 Å². The van der Waals surface area contributed by atoms with Crippen LogP contribution in [0.15, 0.2) is 42.5 Å². The van der Waals surface area contributed by atoms with E-state index in [0.29, 0.717) is 6.42 Å². The number of carbonyl (C=O) groups is 1. The van der Waals surface area contributed by atoms with E-state index in [-0.39, 0.29) is 0 Å². The van der Waals surface area contributed by atoms with Gasteiger partial charge in [0.25, 0.3) is 0 Å². The van der Waals surface area contributed by atoms with Crippen molar-refractivity contribution in [1.82, 2.24) is 0 Å². The third-order valence-corrected chi connectivity index (χ3v) is 2.30. The van der Waals surface area contributed by atoms with Gasteiger partial charge < -0.3 is 5.11 Å². The summed E-state index contributed by atoms with van der Waals surface area (Å²) in [6, 6.07) is 14.1. The monoisotopic (exact) mass is 210 g/mol. The Morgan fingerprint density at radius 3 is 2.62 bits per heavy atom. The highest BCUT2D eigenvalue weighted by Gasteiger charge is 1.94. The summed E-state index contributed by atoms with van der Waals surface area (Å²) < 4.78 is 0. The van der Waals surface area contributed by atoms with E-state index >= 15 is 0 Å². The number of carboxylic acid groups (broad SMARTS) is 1. The SMILES string of the molecule is O=C(O)C#CCc1ccc2ccccc2c1. The zero-order chi connectivity index (χ0) is 11.4. The summed E-state index contributed by atoms with van der Waals surface area (Å²) in [7, 11) is 0. The maximum Gasteiger partial charge on any atom is 0.381 e. The molecule has 2 aromatic carbocycles. The van der Waals surface area contributed by atoms with Gasteiger partial charge in [0.1, 0.15) is 0 Å². The van der Waals surface area contributed by atoms with Gasteiger partial charge in [-0.3, -0.25) is 0 Å². The van der Waals surface area contributed by atoms with Crippen molar-refractivity contribution in [3.05, 3.63) is 48.0 Å². The van der Waals surface area contributed by atoms with Crippen molar-refractivity contribution in [2.24, 2.45) is 0 Å². The fraction of sp³-hybridized carbons (Fsp3) is 0.0714. The number of carboxylic acids is 1. The molecule has 0 radical (unpaired) electrons.